The van der Waals surface area contributed by atoms with E-state index < -0.39 is 0 Å². The summed E-state index contributed by atoms with van der Waals surface area (Å²) in [4.78, 5) is 12.1. The number of nitrogens with zero attached hydrogens (tertiary/aromatic N) is 2. The van der Waals surface area contributed by atoms with E-state index in [2.05, 4.69) is 20.8 Å². The molecule has 128 valence electrons. The third-order valence-electron chi connectivity index (χ3n) is 3.32. The molecule has 0 saturated heterocycles. The standard InChI is InChI=1S/C15H18N4O3S2/c1-21-10-5-6-11(12(7-10)22-2)17-13(20)8-23-15-19-18-14(24-15)16-9-3-4-9/h5-7,9H,3-4,8H2,1-2H3,(H,16,18)(H,17,20). The molecule has 1 aliphatic carbocycles. The van der Waals surface area contributed by atoms with Gasteiger partial charge in [0.2, 0.25) is 11.0 Å². The van der Waals surface area contributed by atoms with Gasteiger partial charge in [0.15, 0.2) is 4.34 Å². The normalized spacial score (nSPS) is 13.4. The average Bonchev–Trinajstić information content (AvgIpc) is 3.29. The number of hydrogen-bond donors (Lipinski definition) is 2. The molecular formula is C15H18N4O3S2. The van der Waals surface area contributed by atoms with Gasteiger partial charge < -0.3 is 20.1 Å². The van der Waals surface area contributed by atoms with Crippen molar-refractivity contribution in [1.82, 2.24) is 10.2 Å². The highest BCUT2D eigenvalue weighted by atomic mass is 32.2. The highest BCUT2D eigenvalue weighted by Crippen LogP contribution is 2.31. The van der Waals surface area contributed by atoms with Crippen LogP contribution in [0.25, 0.3) is 0 Å². The van der Waals surface area contributed by atoms with Crippen LogP contribution in [0.1, 0.15) is 12.8 Å². The molecule has 0 atom stereocenters. The summed E-state index contributed by atoms with van der Waals surface area (Å²) in [7, 11) is 3.13. The van der Waals surface area contributed by atoms with Crippen molar-refractivity contribution in [2.75, 3.05) is 30.6 Å². The predicted molar refractivity (Wildman–Crippen MR) is 95.5 cm³/mol. The zero-order valence-corrected chi connectivity index (χ0v) is 15.0. The van der Waals surface area contributed by atoms with Crippen LogP contribution in [0, 0.1) is 0 Å². The molecule has 0 bridgehead atoms. The number of rotatable bonds is 8. The topological polar surface area (TPSA) is 85.4 Å². The van der Waals surface area contributed by atoms with E-state index >= 15 is 0 Å². The van der Waals surface area contributed by atoms with Crippen molar-refractivity contribution in [3.05, 3.63) is 18.2 Å². The average molecular weight is 366 g/mol. The maximum Gasteiger partial charge on any atom is 0.234 e. The Labute approximate surface area is 148 Å². The van der Waals surface area contributed by atoms with Crippen LogP contribution in [-0.4, -0.2) is 42.1 Å². The van der Waals surface area contributed by atoms with Crippen LogP contribution in [0.4, 0.5) is 10.8 Å². The number of benzene rings is 1. The highest BCUT2D eigenvalue weighted by molar-refractivity contribution is 8.01. The van der Waals surface area contributed by atoms with Crippen molar-refractivity contribution in [3.63, 3.8) is 0 Å². The molecule has 0 aliphatic heterocycles. The lowest BCUT2D eigenvalue weighted by atomic mass is 10.2. The first-order valence-corrected chi connectivity index (χ1v) is 9.23. The summed E-state index contributed by atoms with van der Waals surface area (Å²) < 4.78 is 11.2. The Balaban J connectivity index is 1.52. The first-order valence-electron chi connectivity index (χ1n) is 7.42. The van der Waals surface area contributed by atoms with Crippen LogP contribution < -0.4 is 20.1 Å². The Morgan fingerprint density at radius 3 is 2.88 bits per heavy atom. The fourth-order valence-electron chi connectivity index (χ4n) is 1.94. The Bertz CT molecular complexity index is 718. The van der Waals surface area contributed by atoms with Gasteiger partial charge in [0, 0.05) is 12.1 Å². The predicted octanol–water partition coefficient (Wildman–Crippen LogP) is 2.86. The number of anilines is 2. The molecule has 0 unspecified atom stereocenters. The largest absolute Gasteiger partial charge is 0.497 e. The smallest absolute Gasteiger partial charge is 0.234 e. The molecule has 0 radical (unpaired) electrons. The summed E-state index contributed by atoms with van der Waals surface area (Å²) in [6.07, 6.45) is 2.38. The van der Waals surface area contributed by atoms with Gasteiger partial charge >= 0.3 is 0 Å². The number of carbonyl (C=O) groups is 1. The lowest BCUT2D eigenvalue weighted by Gasteiger charge is -2.11. The van der Waals surface area contributed by atoms with Crippen LogP contribution in [0.15, 0.2) is 22.5 Å². The van der Waals surface area contributed by atoms with Crippen LogP contribution in [0.3, 0.4) is 0 Å². The molecule has 9 heteroatoms. The van der Waals surface area contributed by atoms with Crippen molar-refractivity contribution in [1.29, 1.82) is 0 Å². The van der Waals surface area contributed by atoms with E-state index in [-0.39, 0.29) is 11.7 Å². The zero-order valence-electron chi connectivity index (χ0n) is 13.4. The van der Waals surface area contributed by atoms with E-state index in [1.54, 1.807) is 32.4 Å². The second kappa shape index (κ2) is 7.71. The minimum Gasteiger partial charge on any atom is -0.497 e. The van der Waals surface area contributed by atoms with Crippen LogP contribution in [0.5, 0.6) is 11.5 Å². The number of aromatic nitrogens is 2. The monoisotopic (exact) mass is 366 g/mol. The summed E-state index contributed by atoms with van der Waals surface area (Å²) in [5.41, 5.74) is 0.609. The SMILES string of the molecule is COc1ccc(NC(=O)CSc2nnc(NC3CC3)s2)c(OC)c1. The van der Waals surface area contributed by atoms with E-state index in [0.717, 1.165) is 9.47 Å². The van der Waals surface area contributed by atoms with E-state index in [4.69, 9.17) is 9.47 Å². The van der Waals surface area contributed by atoms with Gasteiger partial charge in [0.25, 0.3) is 0 Å². The van der Waals surface area contributed by atoms with Crippen LogP contribution in [-0.2, 0) is 4.79 Å². The first kappa shape index (κ1) is 16.8. The van der Waals surface area contributed by atoms with Gasteiger partial charge in [-0.05, 0) is 25.0 Å². The minimum absolute atomic E-state index is 0.129. The van der Waals surface area contributed by atoms with Crippen LogP contribution >= 0.6 is 23.1 Å². The molecule has 1 aromatic heterocycles. The summed E-state index contributed by atoms with van der Waals surface area (Å²) in [5, 5.41) is 15.1. The van der Waals surface area contributed by atoms with Gasteiger partial charge in [-0.25, -0.2) is 0 Å². The molecule has 2 aromatic rings. The van der Waals surface area contributed by atoms with E-state index in [1.807, 2.05) is 0 Å². The molecule has 1 aromatic carbocycles. The maximum atomic E-state index is 12.1. The number of amides is 1. The molecule has 1 fully saturated rings. The van der Waals surface area contributed by atoms with Gasteiger partial charge in [-0.2, -0.15) is 0 Å². The molecule has 1 saturated carbocycles. The molecule has 1 aliphatic rings. The van der Waals surface area contributed by atoms with E-state index in [1.165, 1.54) is 35.9 Å². The quantitative estimate of drug-likeness (QED) is 0.695. The second-order valence-corrected chi connectivity index (χ2v) is 7.39. The van der Waals surface area contributed by atoms with Gasteiger partial charge in [0.05, 0.1) is 25.7 Å². The number of thioether (sulfide) groups is 1. The molecule has 7 nitrogen and oxygen atoms in total. The third kappa shape index (κ3) is 4.51. The summed E-state index contributed by atoms with van der Waals surface area (Å²) in [6.45, 7) is 0. The summed E-state index contributed by atoms with van der Waals surface area (Å²) >= 11 is 2.84. The zero-order chi connectivity index (χ0) is 16.9. The lowest BCUT2D eigenvalue weighted by Crippen LogP contribution is -2.14. The Morgan fingerprint density at radius 1 is 1.33 bits per heavy atom. The fraction of sp³-hybridized carbons (Fsp3) is 0.400. The van der Waals surface area contributed by atoms with E-state index in [0.29, 0.717) is 23.2 Å². The molecule has 3 rings (SSSR count). The summed E-state index contributed by atoms with van der Waals surface area (Å²) in [5.74, 6) is 1.35. The molecular weight excluding hydrogens is 348 g/mol. The molecule has 2 N–H and O–H groups in total. The minimum atomic E-state index is -0.129. The van der Waals surface area contributed by atoms with Crippen molar-refractivity contribution < 1.29 is 14.3 Å². The van der Waals surface area contributed by atoms with Crippen molar-refractivity contribution in [3.8, 4) is 11.5 Å². The maximum absolute atomic E-state index is 12.1. The van der Waals surface area contributed by atoms with Gasteiger partial charge in [0.1, 0.15) is 11.5 Å². The number of carbonyl (C=O) groups excluding carboxylic acids is 1. The van der Waals surface area contributed by atoms with Crippen molar-refractivity contribution in [2.45, 2.75) is 23.2 Å². The van der Waals surface area contributed by atoms with Crippen molar-refractivity contribution in [2.24, 2.45) is 0 Å². The lowest BCUT2D eigenvalue weighted by molar-refractivity contribution is -0.113. The van der Waals surface area contributed by atoms with Crippen LogP contribution in [0.2, 0.25) is 0 Å². The van der Waals surface area contributed by atoms with Gasteiger partial charge in [-0.3, -0.25) is 4.79 Å². The first-order chi connectivity index (χ1) is 11.7. The highest BCUT2D eigenvalue weighted by Gasteiger charge is 2.22. The number of methoxy groups -OCH3 is 2. The Morgan fingerprint density at radius 2 is 2.17 bits per heavy atom. The van der Waals surface area contributed by atoms with E-state index in [9.17, 15) is 4.79 Å². The molecule has 1 amide bonds. The number of hydrogen-bond acceptors (Lipinski definition) is 8. The third-order valence-corrected chi connectivity index (χ3v) is 5.31. The molecule has 1 heterocycles. The van der Waals surface area contributed by atoms with Gasteiger partial charge in [-0.1, -0.05) is 23.1 Å². The molecule has 0 spiro atoms. The molecule has 24 heavy (non-hydrogen) atoms. The Kier molecular flexibility index (Phi) is 5.41. The van der Waals surface area contributed by atoms with Gasteiger partial charge in [-0.15, -0.1) is 10.2 Å². The second-order valence-electron chi connectivity index (χ2n) is 5.19. The fourth-order valence-corrected chi connectivity index (χ4v) is 3.57. The summed E-state index contributed by atoms with van der Waals surface area (Å²) in [6, 6.07) is 5.79. The Hall–Kier alpha value is -2.00. The number of nitrogens with one attached hydrogen (secondary N) is 2. The van der Waals surface area contributed by atoms with Crippen molar-refractivity contribution >= 4 is 39.8 Å². The number of ether oxygens (including phenoxy) is 2.